The van der Waals surface area contributed by atoms with E-state index in [2.05, 4.69) is 35.6 Å². The molecule has 0 spiro atoms. The average Bonchev–Trinajstić information content (AvgIpc) is 2.87. The van der Waals surface area contributed by atoms with Crippen LogP contribution in [0.5, 0.6) is 0 Å². The number of benzene rings is 1. The summed E-state index contributed by atoms with van der Waals surface area (Å²) in [6.45, 7) is 5.90. The van der Waals surface area contributed by atoms with E-state index < -0.39 is 10.0 Å². The Morgan fingerprint density at radius 2 is 1.95 bits per heavy atom. The molecule has 1 aromatic heterocycles. The molecule has 1 aromatic carbocycles. The summed E-state index contributed by atoms with van der Waals surface area (Å²) in [4.78, 5) is 7.07. The molecule has 120 valence electrons. The second-order valence-corrected chi connectivity index (χ2v) is 8.79. The highest BCUT2D eigenvalue weighted by Gasteiger charge is 2.23. The van der Waals surface area contributed by atoms with Gasteiger partial charge in [-0.1, -0.05) is 17.4 Å². The summed E-state index contributed by atoms with van der Waals surface area (Å²) in [5.74, 6) is 0. The lowest BCUT2D eigenvalue weighted by Crippen LogP contribution is -2.44. The Balaban J connectivity index is 1.75. The van der Waals surface area contributed by atoms with Crippen molar-refractivity contribution in [2.75, 3.05) is 24.2 Å². The number of nitrogens with zero attached hydrogens (tertiary/aromatic N) is 2. The predicted octanol–water partition coefficient (Wildman–Crippen LogP) is 2.43. The Morgan fingerprint density at radius 3 is 2.59 bits per heavy atom. The lowest BCUT2D eigenvalue weighted by molar-refractivity contribution is 0.461. The topological polar surface area (TPSA) is 62.3 Å². The summed E-state index contributed by atoms with van der Waals surface area (Å²) < 4.78 is 26.5. The maximum Gasteiger partial charge on any atom is 0.208 e. The van der Waals surface area contributed by atoms with E-state index >= 15 is 0 Å². The molecule has 0 aliphatic carbocycles. The molecule has 2 aromatic rings. The predicted molar refractivity (Wildman–Crippen MR) is 92.3 cm³/mol. The fourth-order valence-electron chi connectivity index (χ4n) is 2.84. The van der Waals surface area contributed by atoms with Crippen LogP contribution in [0.3, 0.4) is 0 Å². The molecule has 0 unspecified atom stereocenters. The molecule has 0 amide bonds. The molecular weight excluding hydrogens is 318 g/mol. The number of fused-ring (bicyclic) bond motifs is 1. The minimum atomic E-state index is -3.12. The highest BCUT2D eigenvalue weighted by Crippen LogP contribution is 2.33. The van der Waals surface area contributed by atoms with E-state index in [0.717, 1.165) is 36.6 Å². The van der Waals surface area contributed by atoms with E-state index in [1.807, 2.05) is 0 Å². The highest BCUT2D eigenvalue weighted by molar-refractivity contribution is 7.88. The van der Waals surface area contributed by atoms with Crippen LogP contribution in [-0.2, 0) is 10.0 Å². The van der Waals surface area contributed by atoms with Crippen molar-refractivity contribution in [1.29, 1.82) is 0 Å². The van der Waals surface area contributed by atoms with Crippen molar-refractivity contribution in [3.63, 3.8) is 0 Å². The number of anilines is 1. The van der Waals surface area contributed by atoms with E-state index in [9.17, 15) is 8.42 Å². The minimum absolute atomic E-state index is 0.0459. The Hall–Kier alpha value is -1.18. The van der Waals surface area contributed by atoms with Crippen LogP contribution in [-0.4, -0.2) is 38.8 Å². The van der Waals surface area contributed by atoms with Gasteiger partial charge in [0.1, 0.15) is 0 Å². The number of sulfonamides is 1. The largest absolute Gasteiger partial charge is 0.348 e. The van der Waals surface area contributed by atoms with Crippen LogP contribution in [0.25, 0.3) is 10.2 Å². The van der Waals surface area contributed by atoms with Gasteiger partial charge in [0.05, 0.1) is 16.5 Å². The molecule has 5 nitrogen and oxygen atoms in total. The zero-order chi connectivity index (χ0) is 15.9. The number of aromatic nitrogens is 1. The zero-order valence-electron chi connectivity index (χ0n) is 13.1. The minimum Gasteiger partial charge on any atom is -0.348 e. The van der Waals surface area contributed by atoms with Gasteiger partial charge in [-0.2, -0.15) is 0 Å². The molecule has 0 bridgehead atoms. The number of thiazole rings is 1. The summed E-state index contributed by atoms with van der Waals surface area (Å²) in [6.07, 6.45) is 2.86. The van der Waals surface area contributed by atoms with Crippen LogP contribution in [0.2, 0.25) is 0 Å². The van der Waals surface area contributed by atoms with Gasteiger partial charge in [0.25, 0.3) is 0 Å². The fourth-order valence-corrected chi connectivity index (χ4v) is 4.76. The van der Waals surface area contributed by atoms with E-state index in [1.165, 1.54) is 22.1 Å². The molecule has 1 aliphatic rings. The zero-order valence-corrected chi connectivity index (χ0v) is 14.7. The molecule has 1 fully saturated rings. The standard InChI is InChI=1S/C15H21N3O2S2/c1-10-4-5-13-14(11(10)2)16-15(21-13)18-8-6-12(7-9-18)17-22(3,19)20/h4-5,12,17H,6-9H2,1-3H3. The van der Waals surface area contributed by atoms with Crippen LogP contribution >= 0.6 is 11.3 Å². The normalized spacial score (nSPS) is 17.3. The number of aryl methyl sites for hydroxylation is 2. The van der Waals surface area contributed by atoms with Crippen LogP contribution in [0, 0.1) is 13.8 Å². The smallest absolute Gasteiger partial charge is 0.208 e. The molecule has 0 saturated carbocycles. The fraction of sp³-hybridized carbons (Fsp3) is 0.533. The molecular formula is C15H21N3O2S2. The van der Waals surface area contributed by atoms with E-state index in [0.29, 0.717) is 0 Å². The van der Waals surface area contributed by atoms with E-state index in [-0.39, 0.29) is 6.04 Å². The van der Waals surface area contributed by atoms with E-state index in [4.69, 9.17) is 4.98 Å². The summed E-state index contributed by atoms with van der Waals surface area (Å²) in [5, 5.41) is 1.04. The van der Waals surface area contributed by atoms with Crippen LogP contribution in [0.1, 0.15) is 24.0 Å². The van der Waals surface area contributed by atoms with Crippen molar-refractivity contribution < 1.29 is 8.42 Å². The van der Waals surface area contributed by atoms with Gasteiger partial charge in [-0.15, -0.1) is 0 Å². The van der Waals surface area contributed by atoms with Gasteiger partial charge in [0, 0.05) is 19.1 Å². The first kappa shape index (κ1) is 15.7. The number of piperidine rings is 1. The van der Waals surface area contributed by atoms with Crippen molar-refractivity contribution in [2.45, 2.75) is 32.7 Å². The van der Waals surface area contributed by atoms with Crippen molar-refractivity contribution in [3.05, 3.63) is 23.3 Å². The van der Waals surface area contributed by atoms with Crippen LogP contribution in [0.15, 0.2) is 12.1 Å². The summed E-state index contributed by atoms with van der Waals surface area (Å²) in [6, 6.07) is 4.32. The Kier molecular flexibility index (Phi) is 4.13. The van der Waals surface area contributed by atoms with Crippen LogP contribution in [0.4, 0.5) is 5.13 Å². The molecule has 3 rings (SSSR count). The first-order valence-electron chi connectivity index (χ1n) is 7.42. The molecule has 1 saturated heterocycles. The molecule has 2 heterocycles. The van der Waals surface area contributed by atoms with Crippen molar-refractivity contribution >= 4 is 36.7 Å². The first-order valence-corrected chi connectivity index (χ1v) is 10.1. The summed E-state index contributed by atoms with van der Waals surface area (Å²) >= 11 is 1.72. The maximum absolute atomic E-state index is 11.3. The quantitative estimate of drug-likeness (QED) is 0.933. The van der Waals surface area contributed by atoms with Crippen molar-refractivity contribution in [1.82, 2.24) is 9.71 Å². The lowest BCUT2D eigenvalue weighted by atomic mass is 10.1. The molecule has 0 radical (unpaired) electrons. The van der Waals surface area contributed by atoms with Gasteiger partial charge < -0.3 is 4.90 Å². The van der Waals surface area contributed by atoms with Gasteiger partial charge in [-0.3, -0.25) is 0 Å². The molecule has 0 atom stereocenters. The second-order valence-electron chi connectivity index (χ2n) is 6.00. The lowest BCUT2D eigenvalue weighted by Gasteiger charge is -2.31. The van der Waals surface area contributed by atoms with Gasteiger partial charge in [-0.25, -0.2) is 18.1 Å². The Labute approximate surface area is 135 Å². The Bertz CT molecular complexity index is 790. The van der Waals surface area contributed by atoms with E-state index in [1.54, 1.807) is 11.3 Å². The third-order valence-corrected chi connectivity index (χ3v) is 6.06. The molecule has 1 aliphatic heterocycles. The number of rotatable bonds is 3. The monoisotopic (exact) mass is 339 g/mol. The second kappa shape index (κ2) is 5.79. The highest BCUT2D eigenvalue weighted by atomic mass is 32.2. The van der Waals surface area contributed by atoms with Gasteiger partial charge in [0.2, 0.25) is 10.0 Å². The number of nitrogens with one attached hydrogen (secondary N) is 1. The molecule has 7 heteroatoms. The summed E-state index contributed by atoms with van der Waals surface area (Å²) in [7, 11) is -3.12. The third kappa shape index (κ3) is 3.26. The van der Waals surface area contributed by atoms with Gasteiger partial charge >= 0.3 is 0 Å². The number of hydrogen-bond donors (Lipinski definition) is 1. The first-order chi connectivity index (χ1) is 10.3. The van der Waals surface area contributed by atoms with Gasteiger partial charge in [0.15, 0.2) is 5.13 Å². The maximum atomic E-state index is 11.3. The molecule has 22 heavy (non-hydrogen) atoms. The summed E-state index contributed by atoms with van der Waals surface area (Å²) in [5.41, 5.74) is 3.60. The third-order valence-electron chi connectivity index (χ3n) is 4.22. The average molecular weight is 339 g/mol. The molecule has 1 N–H and O–H groups in total. The van der Waals surface area contributed by atoms with Crippen molar-refractivity contribution in [2.24, 2.45) is 0 Å². The van der Waals surface area contributed by atoms with Crippen molar-refractivity contribution in [3.8, 4) is 0 Å². The van der Waals surface area contributed by atoms with Gasteiger partial charge in [-0.05, 0) is 43.9 Å². The Morgan fingerprint density at radius 1 is 1.27 bits per heavy atom. The SMILES string of the molecule is Cc1ccc2sc(N3CCC(NS(C)(=O)=O)CC3)nc2c1C. The number of hydrogen-bond acceptors (Lipinski definition) is 5. The van der Waals surface area contributed by atoms with Crippen LogP contribution < -0.4 is 9.62 Å².